The van der Waals surface area contributed by atoms with Crippen LogP contribution in [0.3, 0.4) is 0 Å². The molecule has 9 heteroatoms. The zero-order valence-corrected chi connectivity index (χ0v) is 33.1. The van der Waals surface area contributed by atoms with Crippen molar-refractivity contribution >= 4 is 40.1 Å². The Hall–Kier alpha value is -1.24. The third kappa shape index (κ3) is 12.4. The Bertz CT molecular complexity index is 1120. The van der Waals surface area contributed by atoms with E-state index in [1.54, 1.807) is 7.11 Å². The van der Waals surface area contributed by atoms with Crippen LogP contribution in [0.1, 0.15) is 78.4 Å². The number of carbonyl (C=O) groups excluding carboxylic acids is 2. The van der Waals surface area contributed by atoms with E-state index >= 15 is 0 Å². The Kier molecular flexibility index (Phi) is 15.3. The summed E-state index contributed by atoms with van der Waals surface area (Å²) in [7, 11) is -1.03. The molecule has 0 amide bonds. The van der Waals surface area contributed by atoms with E-state index in [-0.39, 0.29) is 40.1 Å². The van der Waals surface area contributed by atoms with E-state index in [0.717, 1.165) is 36.3 Å². The van der Waals surface area contributed by atoms with Crippen LogP contribution in [0, 0.1) is 11.8 Å². The quantitative estimate of drug-likeness (QED) is 0.0705. The van der Waals surface area contributed by atoms with Gasteiger partial charge in [0, 0.05) is 38.2 Å². The summed E-state index contributed by atoms with van der Waals surface area (Å²) in [5, 5.41) is 0.126. The van der Waals surface area contributed by atoms with E-state index in [1.807, 2.05) is 11.8 Å². The van der Waals surface area contributed by atoms with Gasteiger partial charge in [-0.15, -0.1) is 0 Å². The number of methoxy groups -OCH3 is 2. The van der Waals surface area contributed by atoms with Crippen molar-refractivity contribution in [2.45, 2.75) is 129 Å². The summed E-state index contributed by atoms with van der Waals surface area (Å²) >= 11 is 1.81. The first-order valence-corrected chi connectivity index (χ1v) is 23.6. The smallest absolute Gasteiger partial charge is 0.305 e. The molecule has 2 rings (SSSR count). The Morgan fingerprint density at radius 2 is 1.64 bits per heavy atom. The maximum Gasteiger partial charge on any atom is 0.305 e. The summed E-state index contributed by atoms with van der Waals surface area (Å²) in [5.41, 5.74) is 2.37. The molecular formula is C36H62O6SSi2. The van der Waals surface area contributed by atoms with Gasteiger partial charge in [-0.2, -0.15) is 11.8 Å². The van der Waals surface area contributed by atoms with Gasteiger partial charge in [0.1, 0.15) is 5.78 Å². The van der Waals surface area contributed by atoms with Crippen LogP contribution in [0.15, 0.2) is 36.4 Å². The molecule has 1 aromatic carbocycles. The van der Waals surface area contributed by atoms with E-state index < -0.39 is 16.6 Å². The molecule has 45 heavy (non-hydrogen) atoms. The fourth-order valence-electron chi connectivity index (χ4n) is 5.18. The highest BCUT2D eigenvalue weighted by Crippen LogP contribution is 2.43. The Labute approximate surface area is 281 Å². The number of ether oxygens (including phenoxy) is 2. The number of esters is 1. The predicted octanol–water partition coefficient (Wildman–Crippen LogP) is 8.99. The molecule has 1 saturated carbocycles. The van der Waals surface area contributed by atoms with E-state index in [0.29, 0.717) is 25.2 Å². The lowest BCUT2D eigenvalue weighted by molar-refractivity contribution is -0.140. The van der Waals surface area contributed by atoms with Crippen molar-refractivity contribution in [1.82, 2.24) is 0 Å². The minimum Gasteiger partial charge on any atom is -0.469 e. The molecule has 0 spiro atoms. The summed E-state index contributed by atoms with van der Waals surface area (Å²) in [6.45, 7) is 23.3. The van der Waals surface area contributed by atoms with Gasteiger partial charge < -0.3 is 18.3 Å². The van der Waals surface area contributed by atoms with Gasteiger partial charge in [-0.3, -0.25) is 9.59 Å². The van der Waals surface area contributed by atoms with E-state index in [4.69, 9.17) is 18.3 Å². The molecular weight excluding hydrogens is 617 g/mol. The van der Waals surface area contributed by atoms with Crippen molar-refractivity contribution in [3.8, 4) is 0 Å². The van der Waals surface area contributed by atoms with Crippen LogP contribution in [0.5, 0.6) is 0 Å². The average molecular weight is 679 g/mol. The second-order valence-corrected chi connectivity index (χ2v) is 26.3. The third-order valence-corrected chi connectivity index (χ3v) is 20.1. The number of hydrogen-bond donors (Lipinski definition) is 0. The monoisotopic (exact) mass is 678 g/mol. The summed E-state index contributed by atoms with van der Waals surface area (Å²) in [6, 6.07) is 8.56. The molecule has 0 aliphatic heterocycles. The number of Topliss-reactive ketones (excluding diaryl/α,β-unsaturated/α-hetero) is 1. The van der Waals surface area contributed by atoms with Crippen LogP contribution in [-0.4, -0.2) is 66.3 Å². The lowest BCUT2D eigenvalue weighted by atomic mass is 9.91. The van der Waals surface area contributed by atoms with Crippen molar-refractivity contribution in [1.29, 1.82) is 0 Å². The van der Waals surface area contributed by atoms with Gasteiger partial charge in [0.05, 0.1) is 25.9 Å². The predicted molar refractivity (Wildman–Crippen MR) is 194 cm³/mol. The van der Waals surface area contributed by atoms with Gasteiger partial charge in [-0.1, -0.05) is 78.0 Å². The van der Waals surface area contributed by atoms with Crippen LogP contribution >= 0.6 is 11.8 Å². The highest BCUT2D eigenvalue weighted by molar-refractivity contribution is 7.99. The number of carbonyl (C=O) groups is 2. The van der Waals surface area contributed by atoms with Crippen molar-refractivity contribution < 1.29 is 27.9 Å². The Balaban J connectivity index is 2.37. The Morgan fingerprint density at radius 1 is 1.00 bits per heavy atom. The average Bonchev–Trinajstić information content (AvgIpc) is 3.20. The minimum atomic E-state index is -2.10. The summed E-state index contributed by atoms with van der Waals surface area (Å²) in [6.07, 6.45) is 7.53. The van der Waals surface area contributed by atoms with Crippen molar-refractivity contribution in [3.63, 3.8) is 0 Å². The number of benzene rings is 1. The molecule has 0 saturated heterocycles. The zero-order chi connectivity index (χ0) is 34.1. The van der Waals surface area contributed by atoms with Crippen molar-refractivity contribution in [3.05, 3.63) is 47.5 Å². The highest BCUT2D eigenvalue weighted by Gasteiger charge is 2.47. The van der Waals surface area contributed by atoms with Crippen LogP contribution in [0.4, 0.5) is 0 Å². The van der Waals surface area contributed by atoms with Gasteiger partial charge in [-0.05, 0) is 71.7 Å². The number of hydrogen-bond acceptors (Lipinski definition) is 7. The molecule has 1 aliphatic carbocycles. The molecule has 0 bridgehead atoms. The summed E-state index contributed by atoms with van der Waals surface area (Å²) in [5.74, 6) is 1.82. The second kappa shape index (κ2) is 17.2. The normalized spacial score (nSPS) is 20.6. The minimum absolute atomic E-state index is 0.00707. The molecule has 1 aliphatic rings. The molecule has 0 aromatic heterocycles. The summed E-state index contributed by atoms with van der Waals surface area (Å²) < 4.78 is 24.2. The molecule has 0 radical (unpaired) electrons. The molecule has 0 unspecified atom stereocenters. The fraction of sp³-hybridized carbons (Fsp3) is 0.722. The summed E-state index contributed by atoms with van der Waals surface area (Å²) in [4.78, 5) is 25.1. The number of thioether (sulfide) groups is 1. The van der Waals surface area contributed by atoms with Crippen molar-refractivity contribution in [2.75, 3.05) is 25.7 Å². The molecule has 256 valence electrons. The van der Waals surface area contributed by atoms with Crippen LogP contribution in [0.25, 0.3) is 0 Å². The first kappa shape index (κ1) is 39.9. The Morgan fingerprint density at radius 3 is 2.24 bits per heavy atom. The molecule has 0 N–H and O–H groups in total. The van der Waals surface area contributed by atoms with Gasteiger partial charge in [0.25, 0.3) is 0 Å². The first-order chi connectivity index (χ1) is 20.8. The lowest BCUT2D eigenvalue weighted by Gasteiger charge is -2.40. The van der Waals surface area contributed by atoms with E-state index in [1.165, 1.54) is 12.7 Å². The topological polar surface area (TPSA) is 71.1 Å². The molecule has 4 atom stereocenters. The molecule has 6 nitrogen and oxygen atoms in total. The van der Waals surface area contributed by atoms with Crippen molar-refractivity contribution in [2.24, 2.45) is 11.8 Å². The largest absolute Gasteiger partial charge is 0.469 e. The molecule has 0 heterocycles. The lowest BCUT2D eigenvalue weighted by Crippen LogP contribution is -2.45. The second-order valence-electron chi connectivity index (χ2n) is 15.6. The van der Waals surface area contributed by atoms with Crippen LogP contribution in [-0.2, 0) is 40.9 Å². The standard InChI is InChI=1S/C36H62O6SSi2/c1-35(2,3)44(9,10)41-29(24-27-15-13-16-28(23-27)26-39-7)18-19-31-30(20-22-43-21-14-17-34(38)40-8)32(37)25-33(31)42-45(11,12)36(4,5)6/h13,15-16,18-19,23,29-31,33H,14,17,20-22,24-26H2,1-12H3/b19-18+/t29-,30-,31-,33-/m1/s1. The van der Waals surface area contributed by atoms with Gasteiger partial charge >= 0.3 is 5.97 Å². The van der Waals surface area contributed by atoms with Crippen LogP contribution < -0.4 is 0 Å². The molecule has 1 fully saturated rings. The fourth-order valence-corrected chi connectivity index (χ4v) is 8.78. The third-order valence-electron chi connectivity index (χ3n) is 9.97. The zero-order valence-electron chi connectivity index (χ0n) is 30.3. The number of rotatable bonds is 17. The number of ketones is 1. The maximum atomic E-state index is 13.6. The van der Waals surface area contributed by atoms with E-state index in [2.05, 4.69) is 104 Å². The highest BCUT2D eigenvalue weighted by atomic mass is 32.2. The van der Waals surface area contributed by atoms with Crippen LogP contribution in [0.2, 0.25) is 36.3 Å². The first-order valence-electron chi connectivity index (χ1n) is 16.6. The molecule has 1 aromatic rings. The van der Waals surface area contributed by atoms with Gasteiger partial charge in [0.15, 0.2) is 16.6 Å². The van der Waals surface area contributed by atoms with Gasteiger partial charge in [0.2, 0.25) is 0 Å². The SMILES string of the molecule is COCc1cccc(C[C@@H](/C=C/[C@H]2[C@H](O[Si](C)(C)C(C)(C)C)CC(=O)[C@@H]2CCSCCCC(=O)OC)O[Si](C)(C)C(C)(C)C)c1. The van der Waals surface area contributed by atoms with E-state index in [9.17, 15) is 9.59 Å². The van der Waals surface area contributed by atoms with Gasteiger partial charge in [-0.25, -0.2) is 0 Å². The maximum absolute atomic E-state index is 13.6.